The zero-order chi connectivity index (χ0) is 19.3. The van der Waals surface area contributed by atoms with Gasteiger partial charge in [-0.1, -0.05) is 23.4 Å². The van der Waals surface area contributed by atoms with Crippen molar-refractivity contribution in [3.8, 4) is 10.7 Å². The second kappa shape index (κ2) is 8.18. The second-order valence-electron chi connectivity index (χ2n) is 6.09. The van der Waals surface area contributed by atoms with Gasteiger partial charge in [0.1, 0.15) is 11.6 Å². The number of rotatable bonds is 7. The summed E-state index contributed by atoms with van der Waals surface area (Å²) in [7, 11) is 0. The first-order chi connectivity index (χ1) is 13.7. The maximum atomic E-state index is 13.3. The van der Waals surface area contributed by atoms with Crippen LogP contribution in [0.2, 0.25) is 0 Å². The van der Waals surface area contributed by atoms with E-state index in [2.05, 4.69) is 15.5 Å². The molecule has 0 fully saturated rings. The van der Waals surface area contributed by atoms with Crippen molar-refractivity contribution in [3.63, 3.8) is 0 Å². The number of nitrogens with zero attached hydrogens (tertiary/aromatic N) is 2. The van der Waals surface area contributed by atoms with Crippen LogP contribution in [0.4, 0.5) is 4.39 Å². The summed E-state index contributed by atoms with van der Waals surface area (Å²) in [4.78, 5) is 18.0. The summed E-state index contributed by atoms with van der Waals surface area (Å²) in [5.74, 6) is 0.345. The number of aromatic nitrogens is 2. The van der Waals surface area contributed by atoms with Crippen LogP contribution >= 0.6 is 11.3 Å². The number of carbonyl (C=O) groups excluding carboxylic acids is 1. The smallest absolute Gasteiger partial charge is 0.246 e. The predicted molar refractivity (Wildman–Crippen MR) is 101 cm³/mol. The molecule has 0 saturated heterocycles. The Kier molecular flexibility index (Phi) is 5.29. The summed E-state index contributed by atoms with van der Waals surface area (Å²) in [5, 5.41) is 8.67. The maximum absolute atomic E-state index is 13.3. The van der Waals surface area contributed by atoms with Crippen LogP contribution in [-0.4, -0.2) is 16.0 Å². The normalized spacial score (nSPS) is 12.0. The van der Waals surface area contributed by atoms with Gasteiger partial charge in [0, 0.05) is 6.42 Å². The van der Waals surface area contributed by atoms with E-state index in [1.165, 1.54) is 23.5 Å². The molecule has 1 amide bonds. The number of hydrogen-bond acceptors (Lipinski definition) is 6. The summed E-state index contributed by atoms with van der Waals surface area (Å²) in [6, 6.07) is 13.2. The van der Waals surface area contributed by atoms with Crippen molar-refractivity contribution in [3.05, 3.63) is 83.2 Å². The summed E-state index contributed by atoms with van der Waals surface area (Å²) >= 11 is 1.51. The first-order valence-corrected chi connectivity index (χ1v) is 9.49. The van der Waals surface area contributed by atoms with Crippen LogP contribution in [0.3, 0.4) is 0 Å². The lowest BCUT2D eigenvalue weighted by molar-refractivity contribution is -0.122. The molecule has 3 aromatic heterocycles. The van der Waals surface area contributed by atoms with Gasteiger partial charge in [0.05, 0.1) is 23.6 Å². The largest absolute Gasteiger partial charge is 0.469 e. The average molecular weight is 397 g/mol. The average Bonchev–Trinajstić information content (AvgIpc) is 3.47. The van der Waals surface area contributed by atoms with Crippen molar-refractivity contribution in [2.45, 2.75) is 18.9 Å². The molecule has 4 aromatic rings. The number of nitrogens with one attached hydrogen (secondary N) is 1. The van der Waals surface area contributed by atoms with Crippen LogP contribution in [0.5, 0.6) is 0 Å². The van der Waals surface area contributed by atoms with E-state index in [0.717, 1.165) is 4.88 Å². The maximum Gasteiger partial charge on any atom is 0.246 e. The zero-order valence-corrected chi connectivity index (χ0v) is 15.5. The van der Waals surface area contributed by atoms with Gasteiger partial charge in [-0.2, -0.15) is 4.98 Å². The Morgan fingerprint density at radius 2 is 2.04 bits per heavy atom. The molecule has 0 aliphatic carbocycles. The lowest BCUT2D eigenvalue weighted by atomic mass is 9.93. The topological polar surface area (TPSA) is 81.2 Å². The van der Waals surface area contributed by atoms with E-state index in [9.17, 15) is 9.18 Å². The number of benzene rings is 1. The highest BCUT2D eigenvalue weighted by molar-refractivity contribution is 7.13. The molecule has 1 aromatic carbocycles. The molecule has 0 aliphatic heterocycles. The Balaban J connectivity index is 1.46. The summed E-state index contributed by atoms with van der Waals surface area (Å²) in [5.41, 5.74) is 0.695. The molecule has 0 saturated carbocycles. The quantitative estimate of drug-likeness (QED) is 0.506. The van der Waals surface area contributed by atoms with Crippen molar-refractivity contribution in [1.82, 2.24) is 15.5 Å². The molecular weight excluding hydrogens is 381 g/mol. The molecule has 0 radical (unpaired) electrons. The molecule has 0 spiro atoms. The summed E-state index contributed by atoms with van der Waals surface area (Å²) in [6.07, 6.45) is 1.91. The SMILES string of the molecule is O=C(NCc1nc(-c2cccs2)no1)C(Cc1ccco1)c1ccc(F)cc1. The number of carbonyl (C=O) groups is 1. The number of amides is 1. The van der Waals surface area contributed by atoms with E-state index in [1.807, 2.05) is 17.5 Å². The van der Waals surface area contributed by atoms with E-state index in [1.54, 1.807) is 30.5 Å². The van der Waals surface area contributed by atoms with Crippen LogP contribution in [0.1, 0.15) is 23.1 Å². The zero-order valence-electron chi connectivity index (χ0n) is 14.7. The highest BCUT2D eigenvalue weighted by Crippen LogP contribution is 2.23. The van der Waals surface area contributed by atoms with E-state index in [4.69, 9.17) is 8.94 Å². The molecule has 1 N–H and O–H groups in total. The third-order valence-corrected chi connectivity index (χ3v) is 5.06. The lowest BCUT2D eigenvalue weighted by Gasteiger charge is -2.15. The van der Waals surface area contributed by atoms with Crippen molar-refractivity contribution < 1.29 is 18.1 Å². The van der Waals surface area contributed by atoms with E-state index in [0.29, 0.717) is 29.5 Å². The van der Waals surface area contributed by atoms with E-state index < -0.39 is 5.92 Å². The Labute approximate surface area is 164 Å². The fourth-order valence-corrected chi connectivity index (χ4v) is 3.45. The van der Waals surface area contributed by atoms with Gasteiger partial charge < -0.3 is 14.3 Å². The van der Waals surface area contributed by atoms with Crippen molar-refractivity contribution in [1.29, 1.82) is 0 Å². The van der Waals surface area contributed by atoms with Gasteiger partial charge in [0.25, 0.3) is 0 Å². The third kappa shape index (κ3) is 4.17. The van der Waals surface area contributed by atoms with Crippen molar-refractivity contribution >= 4 is 17.2 Å². The first-order valence-electron chi connectivity index (χ1n) is 8.61. The van der Waals surface area contributed by atoms with Gasteiger partial charge in [0.2, 0.25) is 17.6 Å². The van der Waals surface area contributed by atoms with Crippen LogP contribution in [0.25, 0.3) is 10.7 Å². The van der Waals surface area contributed by atoms with Crippen molar-refractivity contribution in [2.75, 3.05) is 0 Å². The minimum atomic E-state index is -0.536. The molecule has 1 atom stereocenters. The first kappa shape index (κ1) is 18.1. The Bertz CT molecular complexity index is 1030. The second-order valence-corrected chi connectivity index (χ2v) is 7.04. The molecule has 3 heterocycles. The molecule has 6 nitrogen and oxygen atoms in total. The molecular formula is C20H16FN3O3S. The van der Waals surface area contributed by atoms with Crippen LogP contribution in [0.15, 0.2) is 69.1 Å². The highest BCUT2D eigenvalue weighted by atomic mass is 32.1. The van der Waals surface area contributed by atoms with Crippen LogP contribution < -0.4 is 5.32 Å². The molecule has 1 unspecified atom stereocenters. The molecule has 8 heteroatoms. The summed E-state index contributed by atoms with van der Waals surface area (Å²) in [6.45, 7) is 0.104. The van der Waals surface area contributed by atoms with Gasteiger partial charge in [-0.15, -0.1) is 11.3 Å². The summed E-state index contributed by atoms with van der Waals surface area (Å²) < 4.78 is 23.9. The number of hydrogen-bond donors (Lipinski definition) is 1. The Morgan fingerprint density at radius 1 is 1.18 bits per heavy atom. The van der Waals surface area contributed by atoms with Gasteiger partial charge in [-0.25, -0.2) is 4.39 Å². The van der Waals surface area contributed by atoms with E-state index in [-0.39, 0.29) is 18.3 Å². The molecule has 0 aliphatic rings. The third-order valence-electron chi connectivity index (χ3n) is 4.20. The Morgan fingerprint density at radius 3 is 2.75 bits per heavy atom. The van der Waals surface area contributed by atoms with E-state index >= 15 is 0 Å². The van der Waals surface area contributed by atoms with Crippen LogP contribution in [0, 0.1) is 5.82 Å². The predicted octanol–water partition coefficient (Wildman–Crippen LogP) is 4.17. The molecule has 4 rings (SSSR count). The molecule has 0 bridgehead atoms. The minimum Gasteiger partial charge on any atom is -0.469 e. The lowest BCUT2D eigenvalue weighted by Crippen LogP contribution is -2.30. The molecule has 28 heavy (non-hydrogen) atoms. The van der Waals surface area contributed by atoms with Crippen LogP contribution in [-0.2, 0) is 17.8 Å². The number of thiophene rings is 1. The van der Waals surface area contributed by atoms with Crippen molar-refractivity contribution in [2.24, 2.45) is 0 Å². The fraction of sp³-hybridized carbons (Fsp3) is 0.150. The minimum absolute atomic E-state index is 0.104. The molecule has 142 valence electrons. The van der Waals surface area contributed by atoms with Gasteiger partial charge >= 0.3 is 0 Å². The van der Waals surface area contributed by atoms with Gasteiger partial charge in [0.15, 0.2) is 0 Å². The van der Waals surface area contributed by atoms with Gasteiger partial charge in [-0.3, -0.25) is 4.79 Å². The standard InChI is InChI=1S/C20H16FN3O3S/c21-14-7-5-13(6-8-14)16(11-15-3-1-9-26-15)20(25)22-12-18-23-19(24-27-18)17-4-2-10-28-17/h1-10,16H,11-12H2,(H,22,25). The Hall–Kier alpha value is -3.26. The monoisotopic (exact) mass is 397 g/mol. The number of halogens is 1. The number of furan rings is 1. The van der Waals surface area contributed by atoms with Gasteiger partial charge in [-0.05, 0) is 41.3 Å². The fourth-order valence-electron chi connectivity index (χ4n) is 2.81. The highest BCUT2D eigenvalue weighted by Gasteiger charge is 2.23.